The highest BCUT2D eigenvalue weighted by molar-refractivity contribution is 4.93. The maximum absolute atomic E-state index is 5.36. The van der Waals surface area contributed by atoms with Crippen molar-refractivity contribution in [1.82, 2.24) is 20.4 Å². The van der Waals surface area contributed by atoms with E-state index in [0.29, 0.717) is 5.92 Å². The Bertz CT molecular complexity index is 417. The summed E-state index contributed by atoms with van der Waals surface area (Å²) in [5.41, 5.74) is 0. The Morgan fingerprint density at radius 2 is 2.32 bits per heavy atom. The zero-order chi connectivity index (χ0) is 13.2. The second kappa shape index (κ2) is 5.59. The summed E-state index contributed by atoms with van der Waals surface area (Å²) in [6.45, 7) is 8.65. The van der Waals surface area contributed by atoms with Gasteiger partial charge in [0.25, 0.3) is 0 Å². The van der Waals surface area contributed by atoms with Gasteiger partial charge in [-0.15, -0.1) is 0 Å². The van der Waals surface area contributed by atoms with E-state index in [9.17, 15) is 0 Å². The van der Waals surface area contributed by atoms with Gasteiger partial charge in [-0.1, -0.05) is 19.0 Å². The summed E-state index contributed by atoms with van der Waals surface area (Å²) in [6.07, 6.45) is 3.46. The lowest BCUT2D eigenvalue weighted by Crippen LogP contribution is -2.43. The Labute approximate surface area is 114 Å². The predicted octanol–water partition coefficient (Wildman–Crippen LogP) is 1.45. The monoisotopic (exact) mass is 264 g/mol. The van der Waals surface area contributed by atoms with Gasteiger partial charge in [-0.3, -0.25) is 4.90 Å². The second-order valence-electron chi connectivity index (χ2n) is 6.34. The first kappa shape index (κ1) is 13.1. The molecular weight excluding hydrogens is 240 g/mol. The third-order valence-electron chi connectivity index (χ3n) is 4.20. The van der Waals surface area contributed by atoms with Gasteiger partial charge in [0, 0.05) is 25.6 Å². The van der Waals surface area contributed by atoms with Crippen LogP contribution in [0.3, 0.4) is 0 Å². The van der Waals surface area contributed by atoms with Gasteiger partial charge < -0.3 is 9.84 Å². The molecule has 1 aromatic rings. The van der Waals surface area contributed by atoms with Crippen LogP contribution in [-0.2, 0) is 13.0 Å². The zero-order valence-corrected chi connectivity index (χ0v) is 11.9. The number of fused-ring (bicyclic) bond motifs is 1. The zero-order valence-electron chi connectivity index (χ0n) is 11.9. The highest BCUT2D eigenvalue weighted by atomic mass is 16.5. The number of rotatable bonds is 4. The maximum Gasteiger partial charge on any atom is 0.240 e. The number of likely N-dealkylation sites (tertiary alicyclic amines) is 1. The molecular formula is C14H24N4O. The fourth-order valence-corrected chi connectivity index (χ4v) is 3.26. The molecule has 106 valence electrons. The molecule has 3 rings (SSSR count). The highest BCUT2D eigenvalue weighted by Gasteiger charge is 2.32. The van der Waals surface area contributed by atoms with Crippen LogP contribution < -0.4 is 5.32 Å². The molecule has 0 aromatic carbocycles. The number of aromatic nitrogens is 2. The third kappa shape index (κ3) is 3.15. The lowest BCUT2D eigenvalue weighted by Gasteiger charge is -2.33. The van der Waals surface area contributed by atoms with Gasteiger partial charge in [-0.2, -0.15) is 4.98 Å². The molecule has 5 nitrogen and oxygen atoms in total. The minimum absolute atomic E-state index is 0.575. The molecule has 1 aromatic heterocycles. The van der Waals surface area contributed by atoms with E-state index >= 15 is 0 Å². The lowest BCUT2D eigenvalue weighted by atomic mass is 9.93. The normalized spacial score (nSPS) is 27.9. The molecule has 2 atom stereocenters. The Morgan fingerprint density at radius 3 is 3.16 bits per heavy atom. The Hall–Kier alpha value is -0.940. The molecule has 0 radical (unpaired) electrons. The largest absolute Gasteiger partial charge is 0.338 e. The summed E-state index contributed by atoms with van der Waals surface area (Å²) >= 11 is 0. The number of hydrogen-bond acceptors (Lipinski definition) is 5. The maximum atomic E-state index is 5.36. The van der Waals surface area contributed by atoms with Crippen LogP contribution in [0.15, 0.2) is 4.52 Å². The van der Waals surface area contributed by atoms with Crippen LogP contribution in [0, 0.1) is 11.8 Å². The van der Waals surface area contributed by atoms with Gasteiger partial charge in [-0.05, 0) is 31.2 Å². The van der Waals surface area contributed by atoms with Crippen molar-refractivity contribution >= 4 is 0 Å². The van der Waals surface area contributed by atoms with Gasteiger partial charge in [0.15, 0.2) is 5.82 Å². The van der Waals surface area contributed by atoms with E-state index in [1.165, 1.54) is 25.9 Å². The quantitative estimate of drug-likeness (QED) is 0.892. The SMILES string of the molecule is CC(C)Cc1noc(CN2CCC3NCCC3C2)n1. The van der Waals surface area contributed by atoms with Crippen LogP contribution >= 0.6 is 0 Å². The van der Waals surface area contributed by atoms with Crippen molar-refractivity contribution < 1.29 is 4.52 Å². The van der Waals surface area contributed by atoms with Gasteiger partial charge >= 0.3 is 0 Å². The molecule has 2 unspecified atom stereocenters. The van der Waals surface area contributed by atoms with E-state index < -0.39 is 0 Å². The molecule has 2 saturated heterocycles. The summed E-state index contributed by atoms with van der Waals surface area (Å²) in [6, 6.07) is 0.746. The number of nitrogens with one attached hydrogen (secondary N) is 1. The molecule has 0 spiro atoms. The minimum Gasteiger partial charge on any atom is -0.338 e. The average Bonchev–Trinajstić information content (AvgIpc) is 2.97. The van der Waals surface area contributed by atoms with E-state index in [4.69, 9.17) is 4.52 Å². The molecule has 2 aliphatic rings. The first-order valence-electron chi connectivity index (χ1n) is 7.48. The number of piperidine rings is 1. The molecule has 19 heavy (non-hydrogen) atoms. The fraction of sp³-hybridized carbons (Fsp3) is 0.857. The van der Waals surface area contributed by atoms with Crippen LogP contribution in [0.1, 0.15) is 38.4 Å². The Morgan fingerprint density at radius 1 is 1.42 bits per heavy atom. The topological polar surface area (TPSA) is 54.2 Å². The Balaban J connectivity index is 1.55. The smallest absolute Gasteiger partial charge is 0.240 e. The van der Waals surface area contributed by atoms with Crippen LogP contribution in [0.25, 0.3) is 0 Å². The van der Waals surface area contributed by atoms with Gasteiger partial charge in [-0.25, -0.2) is 0 Å². The minimum atomic E-state index is 0.575. The van der Waals surface area contributed by atoms with Crippen LogP contribution in [0.2, 0.25) is 0 Å². The molecule has 0 amide bonds. The van der Waals surface area contributed by atoms with E-state index in [2.05, 4.69) is 34.2 Å². The molecule has 0 aliphatic carbocycles. The van der Waals surface area contributed by atoms with E-state index in [-0.39, 0.29) is 0 Å². The number of hydrogen-bond donors (Lipinski definition) is 1. The molecule has 5 heteroatoms. The summed E-state index contributed by atoms with van der Waals surface area (Å²) in [7, 11) is 0. The second-order valence-corrected chi connectivity index (χ2v) is 6.34. The van der Waals surface area contributed by atoms with E-state index in [1.807, 2.05) is 0 Å². The van der Waals surface area contributed by atoms with Crippen molar-refractivity contribution in [1.29, 1.82) is 0 Å². The molecule has 0 saturated carbocycles. The molecule has 0 bridgehead atoms. The molecule has 2 aliphatic heterocycles. The first-order chi connectivity index (χ1) is 9.20. The van der Waals surface area contributed by atoms with Crippen LogP contribution in [0.5, 0.6) is 0 Å². The van der Waals surface area contributed by atoms with Crippen molar-refractivity contribution in [3.63, 3.8) is 0 Å². The predicted molar refractivity (Wildman–Crippen MR) is 72.6 cm³/mol. The highest BCUT2D eigenvalue weighted by Crippen LogP contribution is 2.25. The summed E-state index contributed by atoms with van der Waals surface area (Å²) in [5.74, 6) is 3.01. The molecule has 2 fully saturated rings. The molecule has 3 heterocycles. The van der Waals surface area contributed by atoms with Crippen LogP contribution in [-0.4, -0.2) is 40.7 Å². The van der Waals surface area contributed by atoms with E-state index in [0.717, 1.165) is 43.2 Å². The lowest BCUT2D eigenvalue weighted by molar-refractivity contribution is 0.140. The fourth-order valence-electron chi connectivity index (χ4n) is 3.26. The first-order valence-corrected chi connectivity index (χ1v) is 7.48. The van der Waals surface area contributed by atoms with Crippen LogP contribution in [0.4, 0.5) is 0 Å². The van der Waals surface area contributed by atoms with Crippen molar-refractivity contribution in [2.24, 2.45) is 11.8 Å². The van der Waals surface area contributed by atoms with Gasteiger partial charge in [0.1, 0.15) is 0 Å². The van der Waals surface area contributed by atoms with Gasteiger partial charge in [0.2, 0.25) is 5.89 Å². The van der Waals surface area contributed by atoms with E-state index in [1.54, 1.807) is 0 Å². The standard InChI is InChI=1S/C14H24N4O/c1-10(2)7-13-16-14(19-17-13)9-18-6-4-12-11(8-18)3-5-15-12/h10-12,15H,3-9H2,1-2H3. The van der Waals surface area contributed by atoms with Crippen molar-refractivity contribution in [3.8, 4) is 0 Å². The summed E-state index contributed by atoms with van der Waals surface area (Å²) in [4.78, 5) is 6.95. The van der Waals surface area contributed by atoms with Crippen molar-refractivity contribution in [2.45, 2.75) is 45.7 Å². The Kier molecular flexibility index (Phi) is 3.84. The molecule has 1 N–H and O–H groups in total. The number of nitrogens with zero attached hydrogens (tertiary/aromatic N) is 3. The average molecular weight is 264 g/mol. The summed E-state index contributed by atoms with van der Waals surface area (Å²) < 4.78 is 5.36. The summed E-state index contributed by atoms with van der Waals surface area (Å²) in [5, 5.41) is 7.65. The third-order valence-corrected chi connectivity index (χ3v) is 4.20. The van der Waals surface area contributed by atoms with Crippen molar-refractivity contribution in [2.75, 3.05) is 19.6 Å². The van der Waals surface area contributed by atoms with Gasteiger partial charge in [0.05, 0.1) is 6.54 Å². The van der Waals surface area contributed by atoms with Crippen molar-refractivity contribution in [3.05, 3.63) is 11.7 Å².